The molecule has 0 fully saturated rings. The minimum Gasteiger partial charge on any atom is -0.466 e. The molecule has 3 heteroatoms. The predicted molar refractivity (Wildman–Crippen MR) is 106 cm³/mol. The number of fused-ring (bicyclic) bond motifs is 3. The monoisotopic (exact) mass is 344 g/mol. The van der Waals surface area contributed by atoms with Crippen molar-refractivity contribution in [3.05, 3.63) is 70.2 Å². The van der Waals surface area contributed by atoms with E-state index in [-0.39, 0.29) is 0 Å². The first-order chi connectivity index (χ1) is 13.6. The number of furan rings is 1. The van der Waals surface area contributed by atoms with Crippen molar-refractivity contribution in [2.24, 2.45) is 7.05 Å². The standard InChI is InChI=1S/C23H21N2O/c1-13-9-12-19(25(6)16(13)4)20-14(2)7-10-17-18-11-8-15(3)21(24-5)23(18)26-22(17)20/h7-12H,1-4,6H3/q+1/i1D3. The van der Waals surface area contributed by atoms with E-state index in [2.05, 4.69) is 4.85 Å². The van der Waals surface area contributed by atoms with E-state index in [4.69, 9.17) is 15.1 Å². The first-order valence-electron chi connectivity index (χ1n) is 9.98. The number of aryl methyl sites for hydroxylation is 3. The van der Waals surface area contributed by atoms with Gasteiger partial charge in [0.05, 0.1) is 12.1 Å². The van der Waals surface area contributed by atoms with Gasteiger partial charge in [0.2, 0.25) is 11.4 Å². The maximum Gasteiger partial charge on any atom is 0.232 e. The number of rotatable bonds is 1. The lowest BCUT2D eigenvalue weighted by atomic mass is 9.99. The van der Waals surface area contributed by atoms with Crippen LogP contribution in [0.5, 0.6) is 0 Å². The molecule has 0 amide bonds. The van der Waals surface area contributed by atoms with Crippen LogP contribution in [-0.4, -0.2) is 0 Å². The van der Waals surface area contributed by atoms with Gasteiger partial charge in [-0.25, -0.2) is 4.85 Å². The molecule has 0 saturated carbocycles. The van der Waals surface area contributed by atoms with Crippen LogP contribution in [0.4, 0.5) is 5.69 Å². The van der Waals surface area contributed by atoms with Gasteiger partial charge < -0.3 is 4.42 Å². The van der Waals surface area contributed by atoms with E-state index >= 15 is 0 Å². The number of nitrogens with zero attached hydrogens (tertiary/aromatic N) is 2. The quantitative estimate of drug-likeness (QED) is 0.313. The Morgan fingerprint density at radius 2 is 1.58 bits per heavy atom. The molecule has 4 rings (SSSR count). The maximum atomic E-state index is 7.77. The van der Waals surface area contributed by atoms with Crippen LogP contribution in [0.3, 0.4) is 0 Å². The molecular weight excluding hydrogens is 320 g/mol. The van der Waals surface area contributed by atoms with Crippen LogP contribution in [0.1, 0.15) is 26.5 Å². The fourth-order valence-corrected chi connectivity index (χ4v) is 3.55. The Labute approximate surface area is 157 Å². The van der Waals surface area contributed by atoms with E-state index in [1.807, 2.05) is 62.7 Å². The third kappa shape index (κ3) is 2.16. The van der Waals surface area contributed by atoms with E-state index in [1.165, 1.54) is 0 Å². The average molecular weight is 344 g/mol. The van der Waals surface area contributed by atoms with Gasteiger partial charge in [-0.3, -0.25) is 0 Å². The smallest absolute Gasteiger partial charge is 0.232 e. The molecule has 0 atom stereocenters. The van der Waals surface area contributed by atoms with Crippen molar-refractivity contribution in [2.45, 2.75) is 27.6 Å². The third-order valence-electron chi connectivity index (χ3n) is 5.22. The Morgan fingerprint density at radius 3 is 2.27 bits per heavy atom. The normalized spacial score (nSPS) is 13.4. The zero-order chi connectivity index (χ0) is 21.1. The largest absolute Gasteiger partial charge is 0.466 e. The zero-order valence-electron chi connectivity index (χ0n) is 18.3. The van der Waals surface area contributed by atoms with Crippen molar-refractivity contribution in [1.82, 2.24) is 0 Å². The minimum atomic E-state index is -2.16. The van der Waals surface area contributed by atoms with Crippen molar-refractivity contribution in [3.63, 3.8) is 0 Å². The van der Waals surface area contributed by atoms with Gasteiger partial charge >= 0.3 is 0 Å². The summed E-state index contributed by atoms with van der Waals surface area (Å²) < 4.78 is 31.5. The van der Waals surface area contributed by atoms with Gasteiger partial charge in [0.25, 0.3) is 0 Å². The van der Waals surface area contributed by atoms with Gasteiger partial charge in [-0.1, -0.05) is 24.3 Å². The molecule has 128 valence electrons. The van der Waals surface area contributed by atoms with Gasteiger partial charge in [-0.15, -0.1) is 0 Å². The van der Waals surface area contributed by atoms with Crippen molar-refractivity contribution in [3.8, 4) is 11.3 Å². The van der Waals surface area contributed by atoms with Gasteiger partial charge in [0.1, 0.15) is 18.2 Å². The van der Waals surface area contributed by atoms with Crippen molar-refractivity contribution >= 4 is 27.6 Å². The van der Waals surface area contributed by atoms with Crippen LogP contribution < -0.4 is 4.57 Å². The Hall–Kier alpha value is -3.12. The lowest BCUT2D eigenvalue weighted by Crippen LogP contribution is -2.35. The maximum absolute atomic E-state index is 7.77. The van der Waals surface area contributed by atoms with Gasteiger partial charge in [0, 0.05) is 33.4 Å². The molecule has 0 bridgehead atoms. The molecule has 0 aliphatic rings. The van der Waals surface area contributed by atoms with E-state index in [1.54, 1.807) is 6.07 Å². The molecule has 0 unspecified atom stereocenters. The third-order valence-corrected chi connectivity index (χ3v) is 5.22. The molecule has 2 aromatic heterocycles. The zero-order valence-corrected chi connectivity index (χ0v) is 15.3. The van der Waals surface area contributed by atoms with Gasteiger partial charge in [-0.05, 0) is 37.9 Å². The summed E-state index contributed by atoms with van der Waals surface area (Å²) in [7, 11) is 1.87. The number of pyridine rings is 1. The second-order valence-corrected chi connectivity index (χ2v) is 6.73. The second-order valence-electron chi connectivity index (χ2n) is 6.73. The predicted octanol–water partition coefficient (Wildman–Crippen LogP) is 5.86. The number of hydrogen-bond donors (Lipinski definition) is 0. The summed E-state index contributed by atoms with van der Waals surface area (Å²) in [6, 6.07) is 11.5. The summed E-state index contributed by atoms with van der Waals surface area (Å²) in [5, 5.41) is 1.86. The highest BCUT2D eigenvalue weighted by Gasteiger charge is 2.23. The lowest BCUT2D eigenvalue weighted by molar-refractivity contribution is -0.667. The molecule has 0 radical (unpaired) electrons. The van der Waals surface area contributed by atoms with E-state index in [9.17, 15) is 0 Å². The fourth-order valence-electron chi connectivity index (χ4n) is 3.55. The summed E-state index contributed by atoms with van der Waals surface area (Å²) in [4.78, 5) is 3.68. The van der Waals surface area contributed by atoms with Crippen LogP contribution >= 0.6 is 0 Å². The Balaban J connectivity index is 2.10. The molecule has 2 aromatic carbocycles. The van der Waals surface area contributed by atoms with E-state index in [0.29, 0.717) is 28.1 Å². The van der Waals surface area contributed by atoms with E-state index < -0.39 is 6.85 Å². The first kappa shape index (κ1) is 13.1. The van der Waals surface area contributed by atoms with Crippen LogP contribution in [0, 0.1) is 34.2 Å². The van der Waals surface area contributed by atoms with Crippen molar-refractivity contribution < 1.29 is 13.1 Å². The lowest BCUT2D eigenvalue weighted by Gasteiger charge is -2.08. The highest BCUT2D eigenvalue weighted by Crippen LogP contribution is 2.41. The molecular formula is C23H21N2O+. The Bertz CT molecular complexity index is 1340. The van der Waals surface area contributed by atoms with Crippen LogP contribution in [0.15, 0.2) is 40.8 Å². The van der Waals surface area contributed by atoms with Crippen molar-refractivity contribution in [1.29, 1.82) is 0 Å². The molecule has 0 aliphatic heterocycles. The topological polar surface area (TPSA) is 21.4 Å². The second kappa shape index (κ2) is 5.71. The molecule has 0 spiro atoms. The van der Waals surface area contributed by atoms with Crippen LogP contribution in [-0.2, 0) is 7.05 Å². The van der Waals surface area contributed by atoms with E-state index in [0.717, 1.165) is 33.2 Å². The SMILES string of the molecule is [2H]C([2H])([2H])c1ccc(-c2c(C)ccc3c2oc2c([N+]#[C-])c(C)ccc23)[n+](C)c1C. The molecule has 4 aromatic rings. The number of hydrogen-bond acceptors (Lipinski definition) is 1. The van der Waals surface area contributed by atoms with Gasteiger partial charge in [-0.2, -0.15) is 4.57 Å². The highest BCUT2D eigenvalue weighted by atomic mass is 16.3. The summed E-state index contributed by atoms with van der Waals surface area (Å²) in [6.07, 6.45) is 0. The fraction of sp³-hybridized carbons (Fsp3) is 0.217. The summed E-state index contributed by atoms with van der Waals surface area (Å²) in [5.41, 5.74) is 6.56. The summed E-state index contributed by atoms with van der Waals surface area (Å²) >= 11 is 0. The Morgan fingerprint density at radius 1 is 0.923 bits per heavy atom. The number of benzene rings is 2. The number of aromatic nitrogens is 1. The minimum absolute atomic E-state index is 0.337. The van der Waals surface area contributed by atoms with Crippen LogP contribution in [0.2, 0.25) is 0 Å². The summed E-state index contributed by atoms with van der Waals surface area (Å²) in [6.45, 7) is 11.1. The summed E-state index contributed by atoms with van der Waals surface area (Å²) in [5.74, 6) is 0. The highest BCUT2D eigenvalue weighted by molar-refractivity contribution is 6.13. The average Bonchev–Trinajstić information content (AvgIpc) is 3.01. The molecule has 3 nitrogen and oxygen atoms in total. The molecule has 26 heavy (non-hydrogen) atoms. The molecule has 2 heterocycles. The Kier molecular flexibility index (Phi) is 2.88. The van der Waals surface area contributed by atoms with Crippen molar-refractivity contribution in [2.75, 3.05) is 0 Å². The molecule has 0 aliphatic carbocycles. The molecule has 0 N–H and O–H groups in total. The van der Waals surface area contributed by atoms with Crippen LogP contribution in [0.25, 0.3) is 38.0 Å². The first-order valence-corrected chi connectivity index (χ1v) is 8.48. The molecule has 0 saturated heterocycles. The van der Waals surface area contributed by atoms with Gasteiger partial charge in [0.15, 0.2) is 5.69 Å².